The van der Waals surface area contributed by atoms with E-state index in [-0.39, 0.29) is 29.0 Å². The smallest absolute Gasteiger partial charge is 0.447 e. The molecular weight excluding hydrogens is 387 g/mol. The number of benzene rings is 2. The summed E-state index contributed by atoms with van der Waals surface area (Å²) in [5, 5.41) is 8.06. The van der Waals surface area contributed by atoms with Crippen molar-refractivity contribution >= 4 is 23.4 Å². The van der Waals surface area contributed by atoms with Gasteiger partial charge in [-0.15, -0.1) is 5.10 Å². The molecule has 9 heteroatoms. The van der Waals surface area contributed by atoms with Crippen LogP contribution >= 0.6 is 23.4 Å². The summed E-state index contributed by atoms with van der Waals surface area (Å²) in [6, 6.07) is 13.6. The molecule has 0 fully saturated rings. The van der Waals surface area contributed by atoms with Crippen molar-refractivity contribution in [1.29, 1.82) is 0 Å². The van der Waals surface area contributed by atoms with Crippen molar-refractivity contribution in [3.8, 4) is 17.0 Å². The Morgan fingerprint density at radius 1 is 1.12 bits per heavy atom. The van der Waals surface area contributed by atoms with E-state index < -0.39 is 5.51 Å². The third kappa shape index (κ3) is 4.31. The van der Waals surface area contributed by atoms with Crippen LogP contribution < -0.4 is 4.74 Å². The van der Waals surface area contributed by atoms with Gasteiger partial charge in [-0.05, 0) is 23.8 Å². The molecule has 0 unspecified atom stereocenters. The lowest BCUT2D eigenvalue weighted by Gasteiger charge is -2.11. The maximum atomic E-state index is 13.1. The predicted octanol–water partition coefficient (Wildman–Crippen LogP) is 5.27. The Balaban J connectivity index is 2.00. The summed E-state index contributed by atoms with van der Waals surface area (Å²) in [6.45, 7) is 0.139. The van der Waals surface area contributed by atoms with Gasteiger partial charge >= 0.3 is 5.51 Å². The second kappa shape index (κ2) is 7.59. The van der Waals surface area contributed by atoms with E-state index in [9.17, 15) is 13.2 Å². The van der Waals surface area contributed by atoms with E-state index in [2.05, 4.69) is 10.3 Å². The van der Waals surface area contributed by atoms with Crippen LogP contribution in [0.3, 0.4) is 0 Å². The normalized spacial score (nSPS) is 11.6. The average Bonchev–Trinajstić information content (AvgIpc) is 2.96. The van der Waals surface area contributed by atoms with Gasteiger partial charge in [0.2, 0.25) is 0 Å². The van der Waals surface area contributed by atoms with Crippen LogP contribution in [0.2, 0.25) is 5.02 Å². The molecule has 0 saturated heterocycles. The Hall–Kier alpha value is -2.19. The molecule has 26 heavy (non-hydrogen) atoms. The minimum atomic E-state index is -4.48. The molecule has 0 aliphatic heterocycles. The summed E-state index contributed by atoms with van der Waals surface area (Å²) in [5.41, 5.74) is -3.20. The second-order valence-corrected chi connectivity index (χ2v) is 6.74. The van der Waals surface area contributed by atoms with Gasteiger partial charge in [-0.2, -0.15) is 13.2 Å². The van der Waals surface area contributed by atoms with Gasteiger partial charge < -0.3 is 4.74 Å². The number of rotatable bonds is 5. The molecule has 1 heterocycles. The molecule has 0 amide bonds. The van der Waals surface area contributed by atoms with E-state index in [0.29, 0.717) is 16.3 Å². The van der Waals surface area contributed by atoms with Crippen molar-refractivity contribution in [1.82, 2.24) is 15.0 Å². The van der Waals surface area contributed by atoms with Gasteiger partial charge in [-0.1, -0.05) is 47.1 Å². The lowest BCUT2D eigenvalue weighted by atomic mass is 10.2. The van der Waals surface area contributed by atoms with E-state index in [4.69, 9.17) is 16.3 Å². The van der Waals surface area contributed by atoms with Crippen LogP contribution in [0.5, 0.6) is 5.75 Å². The maximum absolute atomic E-state index is 13.1. The van der Waals surface area contributed by atoms with Crippen molar-refractivity contribution < 1.29 is 17.9 Å². The average molecular weight is 400 g/mol. The monoisotopic (exact) mass is 399 g/mol. The number of hydrogen-bond acceptors (Lipinski definition) is 4. The molecule has 0 saturated carbocycles. The Morgan fingerprint density at radius 2 is 1.81 bits per heavy atom. The van der Waals surface area contributed by atoms with Gasteiger partial charge in [0.1, 0.15) is 16.5 Å². The fourth-order valence-corrected chi connectivity index (χ4v) is 3.24. The molecule has 0 bridgehead atoms. The molecule has 136 valence electrons. The Bertz CT molecular complexity index is 897. The molecule has 0 aliphatic carbocycles. The van der Waals surface area contributed by atoms with Crippen molar-refractivity contribution in [2.45, 2.75) is 17.1 Å². The molecule has 0 atom stereocenters. The molecule has 3 aromatic rings. The number of hydrogen-bond donors (Lipinski definition) is 0. The van der Waals surface area contributed by atoms with Crippen LogP contribution in [0.25, 0.3) is 11.3 Å². The SMILES string of the molecule is COc1ccc(Cn2nnc(-c3ccccc3Cl)c2SC(F)(F)F)cc1. The minimum absolute atomic E-state index is 0.103. The topological polar surface area (TPSA) is 39.9 Å². The van der Waals surface area contributed by atoms with Gasteiger partial charge in [-0.25, -0.2) is 4.68 Å². The molecule has 3 rings (SSSR count). The van der Waals surface area contributed by atoms with E-state index >= 15 is 0 Å². The number of thioether (sulfide) groups is 1. The largest absolute Gasteiger partial charge is 0.497 e. The van der Waals surface area contributed by atoms with Crippen molar-refractivity contribution in [3.05, 3.63) is 59.1 Å². The van der Waals surface area contributed by atoms with Crippen LogP contribution in [-0.4, -0.2) is 27.6 Å². The zero-order valence-corrected chi connectivity index (χ0v) is 15.1. The van der Waals surface area contributed by atoms with Crippen molar-refractivity contribution in [2.24, 2.45) is 0 Å². The standard InChI is InChI=1S/C17H13ClF3N3OS/c1-25-12-8-6-11(7-9-12)10-24-16(26-17(19,20)21)15(22-23-24)13-4-2-3-5-14(13)18/h2-9H,10H2,1H3. The number of nitrogens with zero attached hydrogens (tertiary/aromatic N) is 3. The molecular formula is C17H13ClF3N3OS. The first kappa shape index (κ1) is 18.6. The third-order valence-corrected chi connectivity index (χ3v) is 4.68. The van der Waals surface area contributed by atoms with Crippen LogP contribution in [0.15, 0.2) is 53.6 Å². The summed E-state index contributed by atoms with van der Waals surface area (Å²) < 4.78 is 45.5. The second-order valence-electron chi connectivity index (χ2n) is 5.28. The molecule has 0 spiro atoms. The number of halogens is 4. The summed E-state index contributed by atoms with van der Waals surface area (Å²) in [5.74, 6) is 0.661. The van der Waals surface area contributed by atoms with Crippen LogP contribution in [-0.2, 0) is 6.54 Å². The lowest BCUT2D eigenvalue weighted by molar-refractivity contribution is -0.0330. The summed E-state index contributed by atoms with van der Waals surface area (Å²) in [6.07, 6.45) is 0. The molecule has 0 N–H and O–H groups in total. The molecule has 1 aromatic heterocycles. The van der Waals surface area contributed by atoms with E-state index in [1.165, 1.54) is 4.68 Å². The van der Waals surface area contributed by atoms with Crippen molar-refractivity contribution in [3.63, 3.8) is 0 Å². The quantitative estimate of drug-likeness (QED) is 0.548. The Kier molecular flexibility index (Phi) is 5.43. The Labute approximate surface area is 156 Å². The molecule has 0 aliphatic rings. The van der Waals surface area contributed by atoms with Crippen LogP contribution in [0.1, 0.15) is 5.56 Å². The first-order valence-electron chi connectivity index (χ1n) is 7.44. The lowest BCUT2D eigenvalue weighted by Crippen LogP contribution is -2.08. The van der Waals surface area contributed by atoms with Gasteiger partial charge in [0.15, 0.2) is 0 Å². The number of aromatic nitrogens is 3. The van der Waals surface area contributed by atoms with Gasteiger partial charge in [0.25, 0.3) is 0 Å². The fourth-order valence-electron chi connectivity index (χ4n) is 2.34. The summed E-state index contributed by atoms with van der Waals surface area (Å²) >= 11 is 5.87. The highest BCUT2D eigenvalue weighted by Crippen LogP contribution is 2.42. The Morgan fingerprint density at radius 3 is 2.42 bits per heavy atom. The first-order chi connectivity index (χ1) is 12.4. The minimum Gasteiger partial charge on any atom is -0.497 e. The number of alkyl halides is 3. The van der Waals surface area contributed by atoms with Crippen molar-refractivity contribution in [2.75, 3.05) is 7.11 Å². The molecule has 2 aromatic carbocycles. The zero-order chi connectivity index (χ0) is 18.7. The maximum Gasteiger partial charge on any atom is 0.447 e. The predicted molar refractivity (Wildman–Crippen MR) is 94.5 cm³/mol. The number of ether oxygens (including phenoxy) is 1. The third-order valence-electron chi connectivity index (χ3n) is 3.52. The van der Waals surface area contributed by atoms with E-state index in [1.807, 2.05) is 0 Å². The highest BCUT2D eigenvalue weighted by atomic mass is 35.5. The van der Waals surface area contributed by atoms with E-state index in [1.54, 1.807) is 55.6 Å². The highest BCUT2D eigenvalue weighted by Gasteiger charge is 2.34. The van der Waals surface area contributed by atoms with Crippen LogP contribution in [0, 0.1) is 0 Å². The van der Waals surface area contributed by atoms with Gasteiger partial charge in [0, 0.05) is 17.3 Å². The molecule has 0 radical (unpaired) electrons. The molecule has 4 nitrogen and oxygen atoms in total. The summed E-state index contributed by atoms with van der Waals surface area (Å²) in [4.78, 5) is 0. The summed E-state index contributed by atoms with van der Waals surface area (Å²) in [7, 11) is 1.54. The number of methoxy groups -OCH3 is 1. The fraction of sp³-hybridized carbons (Fsp3) is 0.176. The van der Waals surface area contributed by atoms with Gasteiger partial charge in [-0.3, -0.25) is 0 Å². The highest BCUT2D eigenvalue weighted by molar-refractivity contribution is 8.00. The van der Waals surface area contributed by atoms with Crippen LogP contribution in [0.4, 0.5) is 13.2 Å². The zero-order valence-electron chi connectivity index (χ0n) is 13.5. The first-order valence-corrected chi connectivity index (χ1v) is 8.64. The van der Waals surface area contributed by atoms with E-state index in [0.717, 1.165) is 5.56 Å². The van der Waals surface area contributed by atoms with Gasteiger partial charge in [0.05, 0.1) is 18.7 Å².